The van der Waals surface area contributed by atoms with E-state index < -0.39 is 28.7 Å². The fraction of sp³-hybridized carbons (Fsp3) is 0.767. The Balaban J connectivity index is 2.15. The normalized spacial score (nSPS) is 31.2. The van der Waals surface area contributed by atoms with Crippen molar-refractivity contribution in [3.8, 4) is 0 Å². The van der Waals surface area contributed by atoms with Crippen LogP contribution in [0.25, 0.3) is 0 Å². The number of carbonyl (C=O) groups is 3. The first-order valence-corrected chi connectivity index (χ1v) is 15.5. The van der Waals surface area contributed by atoms with E-state index in [2.05, 4.69) is 27.0 Å². The summed E-state index contributed by atoms with van der Waals surface area (Å²) in [6.07, 6.45) is 7.71. The first-order valence-electron chi connectivity index (χ1n) is 14.6. The lowest BCUT2D eigenvalue weighted by molar-refractivity contribution is -0.148. The van der Waals surface area contributed by atoms with Crippen molar-refractivity contribution in [3.63, 3.8) is 0 Å². The first kappa shape index (κ1) is 30.7. The summed E-state index contributed by atoms with van der Waals surface area (Å²) < 4.78 is -0.683. The molecule has 1 spiro atoms. The Labute approximate surface area is 234 Å². The lowest BCUT2D eigenvalue weighted by Crippen LogP contribution is -2.60. The SMILES string of the molecule is C=CCN(CCCC)C(=O)C1N([C@@H](CO)[C@@H](C)CC)C(=O)[C@@H]2[C@@H](C(=O)N(CC=C)CCC)[C@H]3CC(C)C12S3. The molecule has 0 aromatic carbocycles. The molecule has 0 aromatic heterocycles. The van der Waals surface area contributed by atoms with Crippen LogP contribution in [-0.4, -0.2) is 92.4 Å². The zero-order valence-corrected chi connectivity index (χ0v) is 24.9. The molecule has 8 heteroatoms. The van der Waals surface area contributed by atoms with Crippen LogP contribution >= 0.6 is 11.8 Å². The van der Waals surface area contributed by atoms with Gasteiger partial charge in [0, 0.05) is 31.4 Å². The number of aliphatic hydroxyl groups is 1. The Morgan fingerprint density at radius 3 is 2.29 bits per heavy atom. The zero-order valence-electron chi connectivity index (χ0n) is 24.1. The summed E-state index contributed by atoms with van der Waals surface area (Å²) >= 11 is 1.71. The minimum atomic E-state index is -0.704. The third-order valence-electron chi connectivity index (χ3n) is 9.15. The molecule has 7 nitrogen and oxygen atoms in total. The molecule has 3 aliphatic heterocycles. The number of amides is 3. The number of hydrogen-bond acceptors (Lipinski definition) is 5. The summed E-state index contributed by atoms with van der Waals surface area (Å²) in [4.78, 5) is 48.4. The first-order chi connectivity index (χ1) is 18.2. The lowest BCUT2D eigenvalue weighted by Gasteiger charge is -2.43. The van der Waals surface area contributed by atoms with Gasteiger partial charge in [-0.15, -0.1) is 24.9 Å². The van der Waals surface area contributed by atoms with Gasteiger partial charge in [-0.1, -0.05) is 59.6 Å². The summed E-state index contributed by atoms with van der Waals surface area (Å²) in [5, 5.41) is 10.6. The maximum atomic E-state index is 14.5. The smallest absolute Gasteiger partial charge is 0.247 e. The van der Waals surface area contributed by atoms with Crippen LogP contribution in [0.5, 0.6) is 0 Å². The van der Waals surface area contributed by atoms with Crippen molar-refractivity contribution in [2.24, 2.45) is 23.7 Å². The number of likely N-dealkylation sites (tertiary alicyclic amines) is 1. The van der Waals surface area contributed by atoms with Crippen molar-refractivity contribution in [3.05, 3.63) is 25.3 Å². The Hall–Kier alpha value is -1.80. The highest BCUT2D eigenvalue weighted by molar-refractivity contribution is 8.02. The van der Waals surface area contributed by atoms with E-state index in [1.54, 1.807) is 28.8 Å². The monoisotopic (exact) mass is 547 g/mol. The predicted octanol–water partition coefficient (Wildman–Crippen LogP) is 3.97. The Kier molecular flexibility index (Phi) is 10.5. The summed E-state index contributed by atoms with van der Waals surface area (Å²) in [6, 6.07) is -1.18. The van der Waals surface area contributed by atoms with E-state index in [-0.39, 0.29) is 41.4 Å². The van der Waals surface area contributed by atoms with Crippen molar-refractivity contribution in [2.45, 2.75) is 88.8 Å². The van der Waals surface area contributed by atoms with Gasteiger partial charge in [0.2, 0.25) is 17.7 Å². The van der Waals surface area contributed by atoms with Crippen LogP contribution in [0.15, 0.2) is 25.3 Å². The number of carbonyl (C=O) groups excluding carboxylic acids is 3. The Morgan fingerprint density at radius 2 is 1.76 bits per heavy atom. The van der Waals surface area contributed by atoms with Crippen LogP contribution in [0.1, 0.15) is 66.7 Å². The molecule has 8 atom stereocenters. The fourth-order valence-corrected chi connectivity index (χ4v) is 9.49. The van der Waals surface area contributed by atoms with Crippen LogP contribution in [0.2, 0.25) is 0 Å². The van der Waals surface area contributed by atoms with Crippen LogP contribution < -0.4 is 0 Å². The predicted molar refractivity (Wildman–Crippen MR) is 155 cm³/mol. The van der Waals surface area contributed by atoms with E-state index in [9.17, 15) is 19.5 Å². The molecule has 0 aliphatic carbocycles. The second-order valence-corrected chi connectivity index (χ2v) is 13.0. The van der Waals surface area contributed by atoms with Gasteiger partial charge in [0.15, 0.2) is 0 Å². The minimum Gasteiger partial charge on any atom is -0.394 e. The van der Waals surface area contributed by atoms with Gasteiger partial charge >= 0.3 is 0 Å². The topological polar surface area (TPSA) is 81.2 Å². The van der Waals surface area contributed by atoms with Crippen LogP contribution in [0, 0.1) is 23.7 Å². The van der Waals surface area contributed by atoms with Gasteiger partial charge < -0.3 is 19.8 Å². The van der Waals surface area contributed by atoms with Crippen LogP contribution in [0.4, 0.5) is 0 Å². The summed E-state index contributed by atoms with van der Waals surface area (Å²) in [7, 11) is 0. The molecule has 3 amide bonds. The average molecular weight is 548 g/mol. The number of nitrogens with zero attached hydrogens (tertiary/aromatic N) is 3. The van der Waals surface area contributed by atoms with Crippen molar-refractivity contribution < 1.29 is 19.5 Å². The summed E-state index contributed by atoms with van der Waals surface area (Å²) in [5.74, 6) is -1.12. The van der Waals surface area contributed by atoms with E-state index in [0.717, 1.165) is 32.1 Å². The molecule has 2 bridgehead atoms. The fourth-order valence-electron chi connectivity index (χ4n) is 7.09. The molecule has 3 unspecified atom stereocenters. The molecule has 3 rings (SSSR count). The molecule has 3 aliphatic rings. The van der Waals surface area contributed by atoms with Crippen molar-refractivity contribution in [1.82, 2.24) is 14.7 Å². The standard InChI is InChI=1S/C30H49N3O4S/c1-8-13-17-32(16-11-4)29(37)26-30-21(7)18-23(38-30)24(27(35)31(14-9-2)15-10-3)25(30)28(36)33(26)22(19-34)20(6)12-5/h9,11,20-26,34H,2,4,8,10,12-19H2,1,3,5-7H3/t20-,21?,22-,23+,24-,25-,26?,30?/m0/s1. The molecule has 214 valence electrons. The van der Waals surface area contributed by atoms with Crippen LogP contribution in [-0.2, 0) is 14.4 Å². The van der Waals surface area contributed by atoms with E-state index in [1.165, 1.54) is 0 Å². The quantitative estimate of drug-likeness (QED) is 0.314. The molecule has 3 fully saturated rings. The molecule has 1 N–H and O–H groups in total. The van der Waals surface area contributed by atoms with Gasteiger partial charge in [-0.3, -0.25) is 14.4 Å². The Bertz CT molecular complexity index is 897. The van der Waals surface area contributed by atoms with Gasteiger partial charge in [0.25, 0.3) is 0 Å². The lowest BCUT2D eigenvalue weighted by atomic mass is 9.65. The highest BCUT2D eigenvalue weighted by atomic mass is 32.2. The minimum absolute atomic E-state index is 0.00226. The molecule has 0 saturated carbocycles. The van der Waals surface area contributed by atoms with E-state index >= 15 is 0 Å². The molecular formula is C30H49N3O4S. The second-order valence-electron chi connectivity index (χ2n) is 11.4. The molecule has 3 heterocycles. The van der Waals surface area contributed by atoms with Gasteiger partial charge in [0.05, 0.1) is 29.2 Å². The van der Waals surface area contributed by atoms with Crippen molar-refractivity contribution >= 4 is 29.5 Å². The molecule has 3 saturated heterocycles. The van der Waals surface area contributed by atoms with E-state index in [1.807, 2.05) is 30.6 Å². The van der Waals surface area contributed by atoms with E-state index in [4.69, 9.17) is 0 Å². The number of hydrogen-bond donors (Lipinski definition) is 1. The number of unbranched alkanes of at least 4 members (excludes halogenated alkanes) is 1. The number of rotatable bonds is 15. The molecular weight excluding hydrogens is 498 g/mol. The van der Waals surface area contributed by atoms with Gasteiger partial charge in [-0.2, -0.15) is 0 Å². The van der Waals surface area contributed by atoms with Crippen molar-refractivity contribution in [1.29, 1.82) is 0 Å². The van der Waals surface area contributed by atoms with Gasteiger partial charge in [-0.05, 0) is 31.1 Å². The summed E-state index contributed by atoms with van der Waals surface area (Å²) in [6.45, 7) is 20.0. The maximum absolute atomic E-state index is 14.5. The zero-order chi connectivity index (χ0) is 28.2. The molecule has 0 radical (unpaired) electrons. The van der Waals surface area contributed by atoms with Gasteiger partial charge in [-0.25, -0.2) is 0 Å². The number of thioether (sulfide) groups is 1. The highest BCUT2D eigenvalue weighted by Gasteiger charge is 2.77. The average Bonchev–Trinajstić information content (AvgIpc) is 3.50. The number of aliphatic hydroxyl groups excluding tert-OH is 1. The van der Waals surface area contributed by atoms with Gasteiger partial charge in [0.1, 0.15) is 6.04 Å². The van der Waals surface area contributed by atoms with E-state index in [0.29, 0.717) is 26.2 Å². The highest BCUT2D eigenvalue weighted by Crippen LogP contribution is 2.69. The molecule has 38 heavy (non-hydrogen) atoms. The Morgan fingerprint density at radius 1 is 1.13 bits per heavy atom. The van der Waals surface area contributed by atoms with Crippen LogP contribution in [0.3, 0.4) is 0 Å². The maximum Gasteiger partial charge on any atom is 0.247 e. The number of fused-ring (bicyclic) bond motifs is 1. The van der Waals surface area contributed by atoms with Crippen molar-refractivity contribution in [2.75, 3.05) is 32.8 Å². The molecule has 0 aromatic rings. The summed E-state index contributed by atoms with van der Waals surface area (Å²) in [5.41, 5.74) is 0. The third-order valence-corrected chi connectivity index (χ3v) is 11.2. The largest absolute Gasteiger partial charge is 0.394 e. The third kappa shape index (κ3) is 5.07. The second kappa shape index (κ2) is 13.0.